The zero-order chi connectivity index (χ0) is 9.84. The van der Waals surface area contributed by atoms with E-state index in [0.717, 1.165) is 19.4 Å². The van der Waals surface area contributed by atoms with Gasteiger partial charge in [-0.1, -0.05) is 6.92 Å². The predicted molar refractivity (Wildman–Crippen MR) is 51.6 cm³/mol. The van der Waals surface area contributed by atoms with E-state index in [9.17, 15) is 9.90 Å². The maximum Gasteiger partial charge on any atom is 0.149 e. The Morgan fingerprint density at radius 2 is 2.38 bits per heavy atom. The summed E-state index contributed by atoms with van der Waals surface area (Å²) in [6.45, 7) is 5.43. The largest absolute Gasteiger partial charge is 0.392 e. The molecule has 1 aliphatic rings. The van der Waals surface area contributed by atoms with E-state index < -0.39 is 0 Å². The third-order valence-corrected chi connectivity index (χ3v) is 2.79. The molecule has 0 aromatic rings. The number of β-amino-alcohol motifs (C(OH)–C–C–N with tert-alkyl or cyclic N) is 1. The first-order valence-corrected chi connectivity index (χ1v) is 5.10. The van der Waals surface area contributed by atoms with Gasteiger partial charge in [0.25, 0.3) is 0 Å². The second-order valence-corrected chi connectivity index (χ2v) is 3.79. The van der Waals surface area contributed by atoms with E-state index in [4.69, 9.17) is 0 Å². The van der Waals surface area contributed by atoms with E-state index in [2.05, 4.69) is 4.90 Å². The van der Waals surface area contributed by atoms with Gasteiger partial charge in [-0.25, -0.2) is 0 Å². The lowest BCUT2D eigenvalue weighted by molar-refractivity contribution is -0.124. The summed E-state index contributed by atoms with van der Waals surface area (Å²) in [7, 11) is 0. The lowest BCUT2D eigenvalue weighted by atomic mass is 10.0. The number of ketones is 1. The average Bonchev–Trinajstić information content (AvgIpc) is 2.15. The molecule has 0 aromatic carbocycles. The fraction of sp³-hybridized carbons (Fsp3) is 0.900. The molecule has 0 aromatic heterocycles. The molecule has 76 valence electrons. The van der Waals surface area contributed by atoms with Crippen LogP contribution in [0.15, 0.2) is 0 Å². The third kappa shape index (κ3) is 2.78. The van der Waals surface area contributed by atoms with Gasteiger partial charge in [-0.05, 0) is 26.3 Å². The number of hydrogen-bond acceptors (Lipinski definition) is 3. The molecule has 13 heavy (non-hydrogen) atoms. The van der Waals surface area contributed by atoms with Crippen LogP contribution in [-0.2, 0) is 4.79 Å². The Labute approximate surface area is 79.7 Å². The first-order chi connectivity index (χ1) is 6.15. The highest BCUT2D eigenvalue weighted by molar-refractivity contribution is 5.83. The highest BCUT2D eigenvalue weighted by atomic mass is 16.3. The van der Waals surface area contributed by atoms with Crippen molar-refractivity contribution in [1.82, 2.24) is 4.90 Å². The van der Waals surface area contributed by atoms with Crippen LogP contribution in [0.2, 0.25) is 0 Å². The summed E-state index contributed by atoms with van der Waals surface area (Å²) >= 11 is 0. The minimum atomic E-state index is -0.235. The zero-order valence-electron chi connectivity index (χ0n) is 8.49. The first kappa shape index (κ1) is 10.7. The lowest BCUT2D eigenvalue weighted by Gasteiger charge is -2.33. The van der Waals surface area contributed by atoms with Gasteiger partial charge in [0.05, 0.1) is 12.1 Å². The Morgan fingerprint density at radius 3 is 2.92 bits per heavy atom. The van der Waals surface area contributed by atoms with Crippen LogP contribution in [0, 0.1) is 0 Å². The number of likely N-dealkylation sites (tertiary alicyclic amines) is 1. The zero-order valence-corrected chi connectivity index (χ0v) is 8.49. The molecule has 0 radical (unpaired) electrons. The molecule has 0 aliphatic carbocycles. The van der Waals surface area contributed by atoms with Gasteiger partial charge in [0, 0.05) is 13.0 Å². The van der Waals surface area contributed by atoms with Crippen molar-refractivity contribution in [3.63, 3.8) is 0 Å². The van der Waals surface area contributed by atoms with E-state index in [1.165, 1.54) is 0 Å². The van der Waals surface area contributed by atoms with Gasteiger partial charge in [-0.3, -0.25) is 9.69 Å². The van der Waals surface area contributed by atoms with Crippen LogP contribution < -0.4 is 0 Å². The third-order valence-electron chi connectivity index (χ3n) is 2.79. The molecule has 2 atom stereocenters. The minimum absolute atomic E-state index is 0.0139. The SMILES string of the molecule is CCC(=O)C(C)N1CCCC(O)C1. The number of nitrogens with zero attached hydrogens (tertiary/aromatic N) is 1. The number of Topliss-reactive ketones (excluding diaryl/α,β-unsaturated/α-hetero) is 1. The summed E-state index contributed by atoms with van der Waals surface area (Å²) in [5.41, 5.74) is 0. The Balaban J connectivity index is 2.45. The second-order valence-electron chi connectivity index (χ2n) is 3.79. The van der Waals surface area contributed by atoms with Gasteiger partial charge in [-0.15, -0.1) is 0 Å². The summed E-state index contributed by atoms with van der Waals surface area (Å²) in [5, 5.41) is 9.43. The fourth-order valence-electron chi connectivity index (χ4n) is 1.83. The highest BCUT2D eigenvalue weighted by Crippen LogP contribution is 2.13. The summed E-state index contributed by atoms with van der Waals surface area (Å²) in [6.07, 6.45) is 2.24. The molecule has 1 aliphatic heterocycles. The first-order valence-electron chi connectivity index (χ1n) is 5.10. The number of carbonyl (C=O) groups is 1. The number of aliphatic hydroxyl groups is 1. The number of hydrogen-bond donors (Lipinski definition) is 1. The maximum absolute atomic E-state index is 11.4. The number of aliphatic hydroxyl groups excluding tert-OH is 1. The van der Waals surface area contributed by atoms with Gasteiger partial charge in [0.1, 0.15) is 5.78 Å². The predicted octanol–water partition coefficient (Wildman–Crippen LogP) is 0.811. The Kier molecular flexibility index (Phi) is 3.88. The number of piperidine rings is 1. The molecular weight excluding hydrogens is 166 g/mol. The van der Waals surface area contributed by atoms with E-state index in [0.29, 0.717) is 13.0 Å². The summed E-state index contributed by atoms with van der Waals surface area (Å²) in [4.78, 5) is 13.5. The van der Waals surface area contributed by atoms with Crippen LogP contribution in [0.4, 0.5) is 0 Å². The molecule has 3 heteroatoms. The summed E-state index contributed by atoms with van der Waals surface area (Å²) in [5.74, 6) is 0.272. The summed E-state index contributed by atoms with van der Waals surface area (Å²) in [6, 6.07) is -0.0139. The van der Waals surface area contributed by atoms with Crippen molar-refractivity contribution in [3.05, 3.63) is 0 Å². The fourth-order valence-corrected chi connectivity index (χ4v) is 1.83. The second kappa shape index (κ2) is 4.72. The van der Waals surface area contributed by atoms with Crippen molar-refractivity contribution in [1.29, 1.82) is 0 Å². The van der Waals surface area contributed by atoms with Crippen LogP contribution in [0.3, 0.4) is 0 Å². The Morgan fingerprint density at radius 1 is 1.69 bits per heavy atom. The molecular formula is C10H19NO2. The van der Waals surface area contributed by atoms with Gasteiger partial charge < -0.3 is 5.11 Å². The Hall–Kier alpha value is -0.410. The molecule has 1 heterocycles. The van der Waals surface area contributed by atoms with E-state index in [1.807, 2.05) is 13.8 Å². The van der Waals surface area contributed by atoms with Crippen molar-refractivity contribution in [2.24, 2.45) is 0 Å². The molecule has 1 fully saturated rings. The molecule has 1 rings (SSSR count). The maximum atomic E-state index is 11.4. The van der Waals surface area contributed by atoms with E-state index in [-0.39, 0.29) is 17.9 Å². The van der Waals surface area contributed by atoms with Crippen LogP contribution in [0.25, 0.3) is 0 Å². The van der Waals surface area contributed by atoms with Gasteiger partial charge in [0.2, 0.25) is 0 Å². The molecule has 2 unspecified atom stereocenters. The van der Waals surface area contributed by atoms with Crippen LogP contribution >= 0.6 is 0 Å². The van der Waals surface area contributed by atoms with Gasteiger partial charge in [0.15, 0.2) is 0 Å². The standard InChI is InChI=1S/C10H19NO2/c1-3-10(13)8(2)11-6-4-5-9(12)7-11/h8-9,12H,3-7H2,1-2H3. The molecule has 3 nitrogen and oxygen atoms in total. The monoisotopic (exact) mass is 185 g/mol. The smallest absolute Gasteiger partial charge is 0.149 e. The molecule has 0 saturated carbocycles. The molecule has 1 saturated heterocycles. The molecule has 0 spiro atoms. The van der Waals surface area contributed by atoms with Crippen LogP contribution in [0.5, 0.6) is 0 Å². The van der Waals surface area contributed by atoms with Crippen molar-refractivity contribution in [2.75, 3.05) is 13.1 Å². The van der Waals surface area contributed by atoms with Gasteiger partial charge in [-0.2, -0.15) is 0 Å². The topological polar surface area (TPSA) is 40.5 Å². The van der Waals surface area contributed by atoms with Crippen molar-refractivity contribution >= 4 is 5.78 Å². The van der Waals surface area contributed by atoms with E-state index in [1.54, 1.807) is 0 Å². The minimum Gasteiger partial charge on any atom is -0.392 e. The number of rotatable bonds is 3. The van der Waals surface area contributed by atoms with Crippen molar-refractivity contribution < 1.29 is 9.90 Å². The number of carbonyl (C=O) groups excluding carboxylic acids is 1. The average molecular weight is 185 g/mol. The Bertz CT molecular complexity index is 182. The van der Waals surface area contributed by atoms with Crippen LogP contribution in [0.1, 0.15) is 33.1 Å². The van der Waals surface area contributed by atoms with Crippen LogP contribution in [-0.4, -0.2) is 41.0 Å². The normalized spacial score (nSPS) is 27.2. The quantitative estimate of drug-likeness (QED) is 0.707. The molecule has 0 amide bonds. The van der Waals surface area contributed by atoms with Crippen molar-refractivity contribution in [2.45, 2.75) is 45.3 Å². The van der Waals surface area contributed by atoms with Crippen molar-refractivity contribution in [3.8, 4) is 0 Å². The summed E-state index contributed by atoms with van der Waals surface area (Å²) < 4.78 is 0. The molecule has 0 bridgehead atoms. The van der Waals surface area contributed by atoms with E-state index >= 15 is 0 Å². The molecule has 1 N–H and O–H groups in total. The lowest BCUT2D eigenvalue weighted by Crippen LogP contribution is -2.46. The van der Waals surface area contributed by atoms with Gasteiger partial charge >= 0.3 is 0 Å². The highest BCUT2D eigenvalue weighted by Gasteiger charge is 2.24.